The molecule has 2 N–H and O–H groups in total. The van der Waals surface area contributed by atoms with Crippen LogP contribution in [0, 0.1) is 0 Å². The molecule has 0 radical (unpaired) electrons. The Kier molecular flexibility index (Phi) is 3.75. The molecule has 1 aromatic rings. The van der Waals surface area contributed by atoms with Crippen LogP contribution in [-0.4, -0.2) is 33.6 Å². The maximum atomic E-state index is 12.4. The van der Waals surface area contributed by atoms with Crippen molar-refractivity contribution in [1.82, 2.24) is 4.90 Å². The molecule has 0 bridgehead atoms. The van der Waals surface area contributed by atoms with E-state index < -0.39 is 0 Å². The van der Waals surface area contributed by atoms with Crippen LogP contribution >= 0.6 is 0 Å². The highest BCUT2D eigenvalue weighted by molar-refractivity contribution is 5.99. The van der Waals surface area contributed by atoms with Crippen molar-refractivity contribution in [3.63, 3.8) is 0 Å². The lowest BCUT2D eigenvalue weighted by atomic mass is 9.98. The summed E-state index contributed by atoms with van der Waals surface area (Å²) >= 11 is 0. The molecule has 0 saturated carbocycles. The van der Waals surface area contributed by atoms with Crippen LogP contribution in [0.2, 0.25) is 0 Å². The molecule has 4 nitrogen and oxygen atoms in total. The molecule has 1 fully saturated rings. The third-order valence-electron chi connectivity index (χ3n) is 3.59. The van der Waals surface area contributed by atoms with E-state index in [2.05, 4.69) is 6.92 Å². The number of carbonyl (C=O) groups is 1. The van der Waals surface area contributed by atoms with Crippen molar-refractivity contribution in [3.8, 4) is 11.5 Å². The van der Waals surface area contributed by atoms with Crippen molar-refractivity contribution in [1.29, 1.82) is 0 Å². The van der Waals surface area contributed by atoms with Crippen molar-refractivity contribution in [2.45, 2.75) is 38.6 Å². The highest BCUT2D eigenvalue weighted by atomic mass is 16.3. The Labute approximate surface area is 107 Å². The minimum Gasteiger partial charge on any atom is -0.507 e. The van der Waals surface area contributed by atoms with Gasteiger partial charge in [-0.05, 0) is 37.8 Å². The molecule has 1 aliphatic rings. The Morgan fingerprint density at radius 2 is 2.00 bits per heavy atom. The summed E-state index contributed by atoms with van der Waals surface area (Å²) in [5.74, 6) is -0.571. The molecule has 1 aliphatic heterocycles. The van der Waals surface area contributed by atoms with E-state index in [0.29, 0.717) is 6.54 Å². The fourth-order valence-corrected chi connectivity index (χ4v) is 2.58. The van der Waals surface area contributed by atoms with Gasteiger partial charge in [-0.3, -0.25) is 4.79 Å². The van der Waals surface area contributed by atoms with E-state index >= 15 is 0 Å². The standard InChI is InChI=1S/C14H19NO3/c1-2-10-6-3-4-9-15(10)14(18)13-11(16)7-5-8-12(13)17/h5,7-8,10,16-17H,2-4,6,9H2,1H3. The summed E-state index contributed by atoms with van der Waals surface area (Å²) in [7, 11) is 0. The van der Waals surface area contributed by atoms with Crippen molar-refractivity contribution < 1.29 is 15.0 Å². The smallest absolute Gasteiger partial charge is 0.261 e. The molecule has 1 unspecified atom stereocenters. The number of phenols is 2. The number of phenolic OH excluding ortho intramolecular Hbond substituents is 2. The number of rotatable bonds is 2. The third-order valence-corrected chi connectivity index (χ3v) is 3.59. The summed E-state index contributed by atoms with van der Waals surface area (Å²) in [4.78, 5) is 14.2. The van der Waals surface area contributed by atoms with Crippen LogP contribution in [-0.2, 0) is 0 Å². The number of hydrogen-bond donors (Lipinski definition) is 2. The van der Waals surface area contributed by atoms with E-state index in [0.717, 1.165) is 25.7 Å². The molecule has 18 heavy (non-hydrogen) atoms. The number of likely N-dealkylation sites (tertiary alicyclic amines) is 1. The molecule has 4 heteroatoms. The topological polar surface area (TPSA) is 60.8 Å². The van der Waals surface area contributed by atoms with Gasteiger partial charge in [0.2, 0.25) is 0 Å². The van der Waals surface area contributed by atoms with Gasteiger partial charge in [-0.15, -0.1) is 0 Å². The highest BCUT2D eigenvalue weighted by Crippen LogP contribution is 2.30. The van der Waals surface area contributed by atoms with Crippen LogP contribution in [0.1, 0.15) is 43.0 Å². The fourth-order valence-electron chi connectivity index (χ4n) is 2.58. The Hall–Kier alpha value is -1.71. The zero-order valence-corrected chi connectivity index (χ0v) is 10.6. The number of piperidine rings is 1. The van der Waals surface area contributed by atoms with E-state index in [4.69, 9.17) is 0 Å². The van der Waals surface area contributed by atoms with Gasteiger partial charge in [0.15, 0.2) is 0 Å². The Bertz CT molecular complexity index is 424. The third kappa shape index (κ3) is 2.28. The highest BCUT2D eigenvalue weighted by Gasteiger charge is 2.29. The summed E-state index contributed by atoms with van der Waals surface area (Å²) < 4.78 is 0. The molecule has 98 valence electrons. The maximum Gasteiger partial charge on any atom is 0.261 e. The molecule has 2 rings (SSSR count). The molecule has 1 aromatic carbocycles. The van der Waals surface area contributed by atoms with Gasteiger partial charge in [-0.1, -0.05) is 13.0 Å². The first-order valence-corrected chi connectivity index (χ1v) is 6.47. The van der Waals surface area contributed by atoms with Crippen LogP contribution in [0.4, 0.5) is 0 Å². The number of nitrogens with zero attached hydrogens (tertiary/aromatic N) is 1. The number of amides is 1. The van der Waals surface area contributed by atoms with Crippen molar-refractivity contribution in [2.24, 2.45) is 0 Å². The molecule has 0 spiro atoms. The average Bonchev–Trinajstić information content (AvgIpc) is 2.38. The SMILES string of the molecule is CCC1CCCCN1C(=O)c1c(O)cccc1O. The Balaban J connectivity index is 2.30. The summed E-state index contributed by atoms with van der Waals surface area (Å²) in [6.45, 7) is 2.76. The van der Waals surface area contributed by atoms with Gasteiger partial charge in [0.05, 0.1) is 0 Å². The van der Waals surface area contributed by atoms with Gasteiger partial charge in [0.1, 0.15) is 17.1 Å². The number of benzene rings is 1. The van der Waals surface area contributed by atoms with E-state index in [-0.39, 0.29) is 29.0 Å². The van der Waals surface area contributed by atoms with Gasteiger partial charge in [0, 0.05) is 12.6 Å². The van der Waals surface area contributed by atoms with Crippen LogP contribution in [0.5, 0.6) is 11.5 Å². The Morgan fingerprint density at radius 1 is 1.33 bits per heavy atom. The first kappa shape index (κ1) is 12.7. The molecule has 0 aliphatic carbocycles. The summed E-state index contributed by atoms with van der Waals surface area (Å²) in [6, 6.07) is 4.59. The molecular weight excluding hydrogens is 230 g/mol. The minimum absolute atomic E-state index is 0.0258. The van der Waals surface area contributed by atoms with Gasteiger partial charge in [0.25, 0.3) is 5.91 Å². The largest absolute Gasteiger partial charge is 0.507 e. The van der Waals surface area contributed by atoms with Gasteiger partial charge in [-0.2, -0.15) is 0 Å². The van der Waals surface area contributed by atoms with Gasteiger partial charge >= 0.3 is 0 Å². The van der Waals surface area contributed by atoms with Crippen LogP contribution in [0.3, 0.4) is 0 Å². The second-order valence-electron chi connectivity index (χ2n) is 4.73. The number of hydrogen-bond acceptors (Lipinski definition) is 3. The van der Waals surface area contributed by atoms with Gasteiger partial charge in [-0.25, -0.2) is 0 Å². The van der Waals surface area contributed by atoms with E-state index in [1.807, 2.05) is 0 Å². The van der Waals surface area contributed by atoms with Crippen LogP contribution < -0.4 is 0 Å². The lowest BCUT2D eigenvalue weighted by Gasteiger charge is -2.35. The van der Waals surface area contributed by atoms with Crippen molar-refractivity contribution in [2.75, 3.05) is 6.54 Å². The zero-order valence-electron chi connectivity index (χ0n) is 10.6. The molecule has 1 atom stereocenters. The first-order valence-electron chi connectivity index (χ1n) is 6.47. The first-order chi connectivity index (χ1) is 8.65. The van der Waals surface area contributed by atoms with E-state index in [1.165, 1.54) is 18.2 Å². The number of carbonyl (C=O) groups excluding carboxylic acids is 1. The Morgan fingerprint density at radius 3 is 2.61 bits per heavy atom. The molecule has 1 heterocycles. The normalized spacial score (nSPS) is 19.8. The summed E-state index contributed by atoms with van der Waals surface area (Å²) in [6.07, 6.45) is 4.02. The predicted molar refractivity (Wildman–Crippen MR) is 68.7 cm³/mol. The minimum atomic E-state index is -0.267. The van der Waals surface area contributed by atoms with Crippen molar-refractivity contribution in [3.05, 3.63) is 23.8 Å². The monoisotopic (exact) mass is 249 g/mol. The quantitative estimate of drug-likeness (QED) is 0.846. The molecule has 0 aromatic heterocycles. The van der Waals surface area contributed by atoms with Crippen LogP contribution in [0.15, 0.2) is 18.2 Å². The zero-order chi connectivity index (χ0) is 13.1. The second-order valence-corrected chi connectivity index (χ2v) is 4.73. The van der Waals surface area contributed by atoms with E-state index in [9.17, 15) is 15.0 Å². The molecule has 1 saturated heterocycles. The van der Waals surface area contributed by atoms with Crippen LogP contribution in [0.25, 0.3) is 0 Å². The molecule has 1 amide bonds. The predicted octanol–water partition coefficient (Wildman–Crippen LogP) is 2.50. The summed E-state index contributed by atoms with van der Waals surface area (Å²) in [5, 5.41) is 19.5. The average molecular weight is 249 g/mol. The van der Waals surface area contributed by atoms with Gasteiger partial charge < -0.3 is 15.1 Å². The second kappa shape index (κ2) is 5.29. The number of aromatic hydroxyl groups is 2. The lowest BCUT2D eigenvalue weighted by molar-refractivity contribution is 0.0602. The molecular formula is C14H19NO3. The van der Waals surface area contributed by atoms with E-state index in [1.54, 1.807) is 4.90 Å². The lowest BCUT2D eigenvalue weighted by Crippen LogP contribution is -2.43. The maximum absolute atomic E-state index is 12.4. The van der Waals surface area contributed by atoms with Crippen molar-refractivity contribution >= 4 is 5.91 Å². The summed E-state index contributed by atoms with van der Waals surface area (Å²) in [5.41, 5.74) is 0.0258. The fraction of sp³-hybridized carbons (Fsp3) is 0.500.